The summed E-state index contributed by atoms with van der Waals surface area (Å²) in [5.74, 6) is -0.0234. The fraction of sp³-hybridized carbons (Fsp3) is 0.421. The van der Waals surface area contributed by atoms with E-state index in [9.17, 15) is 4.79 Å². The summed E-state index contributed by atoms with van der Waals surface area (Å²) >= 11 is 1.64. The van der Waals surface area contributed by atoms with Crippen LogP contribution in [0.5, 0.6) is 0 Å². The highest BCUT2D eigenvalue weighted by Crippen LogP contribution is 2.18. The minimum atomic E-state index is -0.0234. The van der Waals surface area contributed by atoms with Gasteiger partial charge >= 0.3 is 0 Å². The molecule has 0 spiro atoms. The average Bonchev–Trinajstić information content (AvgIpc) is 3.07. The zero-order valence-corrected chi connectivity index (χ0v) is 14.5. The van der Waals surface area contributed by atoms with E-state index in [4.69, 9.17) is 0 Å². The summed E-state index contributed by atoms with van der Waals surface area (Å²) in [6.07, 6.45) is 4.97. The number of thiophene rings is 1. The maximum atomic E-state index is 12.2. The largest absolute Gasteiger partial charge is 0.322 e. The van der Waals surface area contributed by atoms with Gasteiger partial charge in [-0.05, 0) is 56.1 Å². The summed E-state index contributed by atoms with van der Waals surface area (Å²) in [6.45, 7) is 5.53. The van der Waals surface area contributed by atoms with E-state index in [1.54, 1.807) is 11.3 Å². The summed E-state index contributed by atoms with van der Waals surface area (Å²) in [5, 5.41) is 4.91. The Bertz CT molecular complexity index is 642. The molecule has 2 aromatic rings. The summed E-state index contributed by atoms with van der Waals surface area (Å²) in [7, 11) is 0. The molecule has 3 rings (SSSR count). The number of hydrogen-bond acceptors (Lipinski definition) is 3. The van der Waals surface area contributed by atoms with Gasteiger partial charge in [0.2, 0.25) is 0 Å². The van der Waals surface area contributed by atoms with Crippen molar-refractivity contribution in [2.45, 2.75) is 39.2 Å². The van der Waals surface area contributed by atoms with Crippen LogP contribution in [-0.2, 0) is 13.0 Å². The molecule has 1 aliphatic rings. The van der Waals surface area contributed by atoms with Crippen molar-refractivity contribution in [1.82, 2.24) is 4.90 Å². The lowest BCUT2D eigenvalue weighted by molar-refractivity contribution is 0.102. The molecule has 0 atom stereocenters. The molecule has 2 heterocycles. The zero-order valence-electron chi connectivity index (χ0n) is 13.7. The first kappa shape index (κ1) is 16.2. The van der Waals surface area contributed by atoms with Crippen molar-refractivity contribution >= 4 is 22.9 Å². The molecule has 3 nitrogen and oxygen atoms in total. The molecule has 0 saturated carbocycles. The Hall–Kier alpha value is -1.65. The van der Waals surface area contributed by atoms with Crippen LogP contribution < -0.4 is 5.32 Å². The van der Waals surface area contributed by atoms with Gasteiger partial charge in [0.1, 0.15) is 0 Å². The topological polar surface area (TPSA) is 32.3 Å². The maximum Gasteiger partial charge on any atom is 0.256 e. The molecule has 23 heavy (non-hydrogen) atoms. The van der Waals surface area contributed by atoms with E-state index in [0.29, 0.717) is 0 Å². The predicted molar refractivity (Wildman–Crippen MR) is 97.2 cm³/mol. The Kier molecular flexibility index (Phi) is 5.47. The quantitative estimate of drug-likeness (QED) is 0.873. The van der Waals surface area contributed by atoms with E-state index >= 15 is 0 Å². The monoisotopic (exact) mass is 328 g/mol. The molecule has 0 bridgehead atoms. The number of nitrogens with zero attached hydrogens (tertiary/aromatic N) is 1. The zero-order chi connectivity index (χ0) is 16.1. The highest BCUT2D eigenvalue weighted by molar-refractivity contribution is 7.10. The number of anilines is 1. The minimum absolute atomic E-state index is 0.0234. The Morgan fingerprint density at radius 3 is 2.57 bits per heavy atom. The normalized spacial score (nSPS) is 15.5. The lowest BCUT2D eigenvalue weighted by Crippen LogP contribution is -2.29. The van der Waals surface area contributed by atoms with Crippen LogP contribution in [-0.4, -0.2) is 23.9 Å². The van der Waals surface area contributed by atoms with Crippen LogP contribution >= 0.6 is 11.3 Å². The number of rotatable bonds is 5. The highest BCUT2D eigenvalue weighted by Gasteiger charge is 2.11. The summed E-state index contributed by atoms with van der Waals surface area (Å²) in [4.78, 5) is 16.0. The fourth-order valence-electron chi connectivity index (χ4n) is 2.96. The Morgan fingerprint density at radius 1 is 1.17 bits per heavy atom. The number of benzene rings is 1. The van der Waals surface area contributed by atoms with Gasteiger partial charge < -0.3 is 5.32 Å². The molecule has 1 N–H and O–H groups in total. The maximum absolute atomic E-state index is 12.2. The molecular weight excluding hydrogens is 304 g/mol. The third-order valence-corrected chi connectivity index (χ3v) is 5.41. The van der Waals surface area contributed by atoms with E-state index in [0.717, 1.165) is 24.2 Å². The van der Waals surface area contributed by atoms with E-state index in [1.807, 2.05) is 23.6 Å². The third kappa shape index (κ3) is 4.43. The molecule has 1 fully saturated rings. The number of carbonyl (C=O) groups is 1. The molecular formula is C19H24N2OS. The molecule has 0 aliphatic carbocycles. The van der Waals surface area contributed by atoms with Crippen molar-refractivity contribution in [2.75, 3.05) is 18.4 Å². The Morgan fingerprint density at radius 2 is 1.91 bits per heavy atom. The van der Waals surface area contributed by atoms with Crippen LogP contribution in [0.4, 0.5) is 5.69 Å². The van der Waals surface area contributed by atoms with Crippen LogP contribution in [0.25, 0.3) is 0 Å². The first-order valence-corrected chi connectivity index (χ1v) is 9.32. The van der Waals surface area contributed by atoms with Gasteiger partial charge in [0.15, 0.2) is 0 Å². The van der Waals surface area contributed by atoms with Gasteiger partial charge in [-0.3, -0.25) is 9.69 Å². The van der Waals surface area contributed by atoms with Gasteiger partial charge in [0.25, 0.3) is 5.91 Å². The van der Waals surface area contributed by atoms with Gasteiger partial charge in [-0.2, -0.15) is 0 Å². The Labute approximate surface area is 142 Å². The molecule has 1 aromatic heterocycles. The van der Waals surface area contributed by atoms with Gasteiger partial charge in [0, 0.05) is 22.5 Å². The van der Waals surface area contributed by atoms with E-state index < -0.39 is 0 Å². The lowest BCUT2D eigenvalue weighted by atomic mass is 10.1. The fourth-order valence-corrected chi connectivity index (χ4v) is 3.77. The number of amides is 1. The Balaban J connectivity index is 1.57. The lowest BCUT2D eigenvalue weighted by Gasteiger charge is -2.26. The summed E-state index contributed by atoms with van der Waals surface area (Å²) in [5.41, 5.74) is 2.93. The van der Waals surface area contributed by atoms with E-state index in [2.05, 4.69) is 29.3 Å². The first-order valence-electron chi connectivity index (χ1n) is 8.44. The van der Waals surface area contributed by atoms with Crippen molar-refractivity contribution in [2.24, 2.45) is 0 Å². The number of likely N-dealkylation sites (tertiary alicyclic amines) is 1. The number of carbonyl (C=O) groups excluding carboxylic acids is 1. The number of aryl methyl sites for hydroxylation is 1. The molecule has 1 saturated heterocycles. The third-order valence-electron chi connectivity index (χ3n) is 4.33. The first-order chi connectivity index (χ1) is 11.2. The molecule has 1 amide bonds. The van der Waals surface area contributed by atoms with Crippen LogP contribution in [0.3, 0.4) is 0 Å². The predicted octanol–water partition coefficient (Wildman–Crippen LogP) is 4.55. The minimum Gasteiger partial charge on any atom is -0.322 e. The summed E-state index contributed by atoms with van der Waals surface area (Å²) in [6, 6.07) is 10.2. The van der Waals surface area contributed by atoms with Crippen molar-refractivity contribution in [3.05, 3.63) is 51.7 Å². The molecule has 1 aliphatic heterocycles. The molecule has 0 unspecified atom stereocenters. The van der Waals surface area contributed by atoms with E-state index in [-0.39, 0.29) is 5.91 Å². The smallest absolute Gasteiger partial charge is 0.256 e. The summed E-state index contributed by atoms with van der Waals surface area (Å²) < 4.78 is 0. The van der Waals surface area contributed by atoms with Gasteiger partial charge in [0.05, 0.1) is 5.56 Å². The highest BCUT2D eigenvalue weighted by atomic mass is 32.1. The van der Waals surface area contributed by atoms with Crippen molar-refractivity contribution in [3.8, 4) is 0 Å². The second-order valence-electron chi connectivity index (χ2n) is 6.14. The standard InChI is InChI=1S/C19H24N2OS/c1-2-18-12-16(14-23-18)19(22)20-17-8-6-15(7-9-17)13-21-10-4-3-5-11-21/h6-9,12,14H,2-5,10-11,13H2,1H3,(H,20,22). The van der Waals surface area contributed by atoms with Gasteiger partial charge in [-0.15, -0.1) is 11.3 Å². The SMILES string of the molecule is CCc1cc(C(=O)Nc2ccc(CN3CCCCC3)cc2)cs1. The molecule has 4 heteroatoms. The van der Waals surface area contributed by atoms with Crippen LogP contribution in [0.1, 0.15) is 47.0 Å². The van der Waals surface area contributed by atoms with Gasteiger partial charge in [-0.25, -0.2) is 0 Å². The van der Waals surface area contributed by atoms with Crippen LogP contribution in [0.15, 0.2) is 35.7 Å². The number of nitrogens with one attached hydrogen (secondary N) is 1. The van der Waals surface area contributed by atoms with Crippen molar-refractivity contribution in [3.63, 3.8) is 0 Å². The number of piperidine rings is 1. The van der Waals surface area contributed by atoms with Crippen LogP contribution in [0.2, 0.25) is 0 Å². The second-order valence-corrected chi connectivity index (χ2v) is 7.14. The molecule has 1 aromatic carbocycles. The molecule has 122 valence electrons. The number of hydrogen-bond donors (Lipinski definition) is 1. The average molecular weight is 328 g/mol. The molecule has 0 radical (unpaired) electrons. The van der Waals surface area contributed by atoms with Crippen LogP contribution in [0, 0.1) is 0 Å². The van der Waals surface area contributed by atoms with Crippen molar-refractivity contribution in [1.29, 1.82) is 0 Å². The second kappa shape index (κ2) is 7.75. The van der Waals surface area contributed by atoms with E-state index in [1.165, 1.54) is 42.8 Å². The van der Waals surface area contributed by atoms with Crippen molar-refractivity contribution < 1.29 is 4.79 Å². The van der Waals surface area contributed by atoms with Gasteiger partial charge in [-0.1, -0.05) is 25.5 Å².